The summed E-state index contributed by atoms with van der Waals surface area (Å²) >= 11 is 0. The standard InChI is InChI=1S/C10H21N3.ClH/c1-4-10(12-9-11)7-8-13(5-2)6-3;/h10-11H,4-8H2,1-3H3;1H. The lowest BCUT2D eigenvalue weighted by molar-refractivity contribution is 0.289. The molecule has 4 heteroatoms. The summed E-state index contributed by atoms with van der Waals surface area (Å²) in [5.74, 6) is 0. The molecule has 1 unspecified atom stereocenters. The molecule has 0 aromatic heterocycles. The second kappa shape index (κ2) is 10.7. The molecule has 1 atom stereocenters. The number of hydrogen-bond donors (Lipinski definition) is 1. The van der Waals surface area contributed by atoms with Crippen LogP contribution in [0.25, 0.3) is 0 Å². The van der Waals surface area contributed by atoms with Gasteiger partial charge in [0.05, 0.1) is 12.1 Å². The molecule has 1 N–H and O–H groups in total. The predicted octanol–water partition coefficient (Wildman–Crippen LogP) is 2.67. The van der Waals surface area contributed by atoms with Crippen molar-refractivity contribution in [2.75, 3.05) is 19.6 Å². The highest BCUT2D eigenvalue weighted by Gasteiger charge is 2.05. The first-order valence-corrected chi connectivity index (χ1v) is 5.12. The molecule has 0 aliphatic heterocycles. The van der Waals surface area contributed by atoms with Crippen molar-refractivity contribution in [3.8, 4) is 0 Å². The fourth-order valence-electron chi connectivity index (χ4n) is 1.32. The van der Waals surface area contributed by atoms with Crippen molar-refractivity contribution in [1.29, 1.82) is 5.41 Å². The molecule has 84 valence electrons. The Morgan fingerprint density at radius 1 is 1.29 bits per heavy atom. The summed E-state index contributed by atoms with van der Waals surface area (Å²) in [5.41, 5.74) is 0. The topological polar surface area (TPSA) is 39.5 Å². The first kappa shape index (κ1) is 16.1. The summed E-state index contributed by atoms with van der Waals surface area (Å²) in [5, 5.41) is 6.78. The molecule has 0 radical (unpaired) electrons. The minimum Gasteiger partial charge on any atom is -0.304 e. The maximum Gasteiger partial charge on any atom is 0.0864 e. The Bertz CT molecular complexity index is 163. The maximum atomic E-state index is 6.78. The average Bonchev–Trinajstić information content (AvgIpc) is 2.17. The van der Waals surface area contributed by atoms with Crippen LogP contribution in [-0.2, 0) is 0 Å². The third kappa shape index (κ3) is 7.07. The molecular weight excluding hydrogens is 198 g/mol. The Morgan fingerprint density at radius 2 is 1.86 bits per heavy atom. The van der Waals surface area contributed by atoms with Crippen LogP contribution < -0.4 is 0 Å². The SMILES string of the molecule is CCC(CCN(CC)CC)N=C=N.Cl. The lowest BCUT2D eigenvalue weighted by Gasteiger charge is -2.19. The highest BCUT2D eigenvalue weighted by Crippen LogP contribution is 2.03. The van der Waals surface area contributed by atoms with Crippen LogP contribution >= 0.6 is 12.4 Å². The number of halogens is 1. The van der Waals surface area contributed by atoms with E-state index >= 15 is 0 Å². The van der Waals surface area contributed by atoms with E-state index in [2.05, 4.69) is 36.7 Å². The molecule has 0 fully saturated rings. The van der Waals surface area contributed by atoms with Gasteiger partial charge in [-0.1, -0.05) is 20.8 Å². The summed E-state index contributed by atoms with van der Waals surface area (Å²) in [7, 11) is 0. The Labute approximate surface area is 93.5 Å². The second-order valence-electron chi connectivity index (χ2n) is 3.12. The number of nitrogens with one attached hydrogen (secondary N) is 1. The Balaban J connectivity index is 0. The van der Waals surface area contributed by atoms with E-state index in [1.54, 1.807) is 0 Å². The molecule has 0 aliphatic rings. The van der Waals surface area contributed by atoms with Crippen LogP contribution in [0.15, 0.2) is 4.99 Å². The number of hydrogen-bond acceptors (Lipinski definition) is 3. The van der Waals surface area contributed by atoms with Crippen molar-refractivity contribution in [3.05, 3.63) is 0 Å². The van der Waals surface area contributed by atoms with E-state index in [4.69, 9.17) is 5.41 Å². The van der Waals surface area contributed by atoms with Gasteiger partial charge in [0.1, 0.15) is 0 Å². The third-order valence-electron chi connectivity index (χ3n) is 2.39. The summed E-state index contributed by atoms with van der Waals surface area (Å²) < 4.78 is 0. The summed E-state index contributed by atoms with van der Waals surface area (Å²) in [6, 6.07) is 2.42. The van der Waals surface area contributed by atoms with Gasteiger partial charge in [-0.05, 0) is 25.9 Å². The molecule has 0 amide bonds. The monoisotopic (exact) mass is 219 g/mol. The largest absolute Gasteiger partial charge is 0.304 e. The van der Waals surface area contributed by atoms with Gasteiger partial charge < -0.3 is 4.90 Å². The van der Waals surface area contributed by atoms with Crippen LogP contribution in [0.1, 0.15) is 33.6 Å². The van der Waals surface area contributed by atoms with E-state index in [1.165, 1.54) is 0 Å². The first-order chi connectivity index (χ1) is 6.28. The summed E-state index contributed by atoms with van der Waals surface area (Å²) in [6.45, 7) is 9.72. The molecule has 0 aromatic carbocycles. The van der Waals surface area contributed by atoms with Gasteiger partial charge in [0.2, 0.25) is 0 Å². The first-order valence-electron chi connectivity index (χ1n) is 5.12. The lowest BCUT2D eigenvalue weighted by Crippen LogP contribution is -2.26. The molecule has 0 aromatic rings. The molecule has 0 heterocycles. The highest BCUT2D eigenvalue weighted by atomic mass is 35.5. The van der Waals surface area contributed by atoms with E-state index in [1.807, 2.05) is 0 Å². The van der Waals surface area contributed by atoms with E-state index in [-0.39, 0.29) is 18.4 Å². The molecule has 0 saturated heterocycles. The van der Waals surface area contributed by atoms with Crippen LogP contribution in [-0.4, -0.2) is 36.6 Å². The number of nitrogens with zero attached hydrogens (tertiary/aromatic N) is 2. The zero-order chi connectivity index (χ0) is 10.1. The molecule has 0 spiro atoms. The Kier molecular flexibility index (Phi) is 12.3. The van der Waals surface area contributed by atoms with Crippen molar-refractivity contribution in [2.45, 2.75) is 39.7 Å². The Hall–Kier alpha value is -0.370. The van der Waals surface area contributed by atoms with Crippen molar-refractivity contribution >= 4 is 18.4 Å². The minimum absolute atomic E-state index is 0. The molecule has 0 rings (SSSR count). The Morgan fingerprint density at radius 3 is 2.21 bits per heavy atom. The van der Waals surface area contributed by atoms with Crippen molar-refractivity contribution < 1.29 is 0 Å². The molecule has 3 nitrogen and oxygen atoms in total. The minimum atomic E-state index is 0. The van der Waals surface area contributed by atoms with Gasteiger partial charge in [-0.25, -0.2) is 10.4 Å². The summed E-state index contributed by atoms with van der Waals surface area (Å²) in [6.07, 6.45) is 2.05. The van der Waals surface area contributed by atoms with Gasteiger partial charge in [0.25, 0.3) is 0 Å². The van der Waals surface area contributed by atoms with Crippen LogP contribution in [0.3, 0.4) is 0 Å². The lowest BCUT2D eigenvalue weighted by atomic mass is 10.1. The number of aliphatic imine (C=N–C) groups is 1. The van der Waals surface area contributed by atoms with Crippen molar-refractivity contribution in [2.24, 2.45) is 4.99 Å². The van der Waals surface area contributed by atoms with Crippen molar-refractivity contribution in [3.63, 3.8) is 0 Å². The summed E-state index contributed by atoms with van der Waals surface area (Å²) in [4.78, 5) is 6.35. The molecule has 0 saturated carbocycles. The van der Waals surface area contributed by atoms with Crippen molar-refractivity contribution in [1.82, 2.24) is 4.90 Å². The van der Waals surface area contributed by atoms with Gasteiger partial charge >= 0.3 is 0 Å². The van der Waals surface area contributed by atoms with Gasteiger partial charge in [-0.2, -0.15) is 0 Å². The molecule has 0 aliphatic carbocycles. The van der Waals surface area contributed by atoms with E-state index in [0.29, 0.717) is 0 Å². The molecule has 0 bridgehead atoms. The van der Waals surface area contributed by atoms with Gasteiger partial charge in [-0.15, -0.1) is 12.4 Å². The van der Waals surface area contributed by atoms with Gasteiger partial charge in [0.15, 0.2) is 0 Å². The van der Waals surface area contributed by atoms with Crippen LogP contribution in [0.5, 0.6) is 0 Å². The molecular formula is C10H22ClN3. The predicted molar refractivity (Wildman–Crippen MR) is 63.9 cm³/mol. The average molecular weight is 220 g/mol. The van der Waals surface area contributed by atoms with Crippen LogP contribution in [0.4, 0.5) is 0 Å². The van der Waals surface area contributed by atoms with Gasteiger partial charge in [-0.3, -0.25) is 0 Å². The zero-order valence-electron chi connectivity index (χ0n) is 9.42. The maximum absolute atomic E-state index is 6.78. The fourth-order valence-corrected chi connectivity index (χ4v) is 1.32. The van der Waals surface area contributed by atoms with E-state index in [0.717, 1.165) is 32.5 Å². The highest BCUT2D eigenvalue weighted by molar-refractivity contribution is 5.85. The third-order valence-corrected chi connectivity index (χ3v) is 2.39. The fraction of sp³-hybridized carbons (Fsp3) is 0.900. The smallest absolute Gasteiger partial charge is 0.0864 e. The zero-order valence-corrected chi connectivity index (χ0v) is 10.2. The number of rotatable bonds is 7. The quantitative estimate of drug-likeness (QED) is 0.657. The van der Waals surface area contributed by atoms with Crippen LogP contribution in [0, 0.1) is 5.41 Å². The van der Waals surface area contributed by atoms with Crippen LogP contribution in [0.2, 0.25) is 0 Å². The normalized spacial score (nSPS) is 11.7. The van der Waals surface area contributed by atoms with E-state index < -0.39 is 0 Å². The van der Waals surface area contributed by atoms with Gasteiger partial charge in [0, 0.05) is 6.54 Å². The van der Waals surface area contributed by atoms with E-state index in [9.17, 15) is 0 Å². The molecule has 14 heavy (non-hydrogen) atoms. The second-order valence-corrected chi connectivity index (χ2v) is 3.12.